The molecular formula is C18H27N3O2. The van der Waals surface area contributed by atoms with Crippen LogP contribution in [0.25, 0.3) is 0 Å². The Morgan fingerprint density at radius 2 is 2.00 bits per heavy atom. The number of hydrogen-bond acceptors (Lipinski definition) is 3. The van der Waals surface area contributed by atoms with Crippen LogP contribution in [0.1, 0.15) is 25.8 Å². The molecule has 1 aromatic rings. The first-order valence-electron chi connectivity index (χ1n) is 8.23. The van der Waals surface area contributed by atoms with E-state index in [0.717, 1.165) is 18.7 Å². The molecule has 0 saturated carbocycles. The van der Waals surface area contributed by atoms with Gasteiger partial charge in [0.05, 0.1) is 6.10 Å². The molecule has 5 heteroatoms. The van der Waals surface area contributed by atoms with Gasteiger partial charge in [0.1, 0.15) is 0 Å². The monoisotopic (exact) mass is 317 g/mol. The van der Waals surface area contributed by atoms with Crippen LogP contribution < -0.4 is 15.5 Å². The lowest BCUT2D eigenvalue weighted by molar-refractivity contribution is 0.163. The van der Waals surface area contributed by atoms with E-state index < -0.39 is 0 Å². The Labute approximate surface area is 138 Å². The van der Waals surface area contributed by atoms with Gasteiger partial charge in [-0.05, 0) is 37.0 Å². The van der Waals surface area contributed by atoms with Crippen LogP contribution in [0.4, 0.5) is 10.5 Å². The Bertz CT molecular complexity index is 535. The maximum atomic E-state index is 11.8. The summed E-state index contributed by atoms with van der Waals surface area (Å²) in [4.78, 5) is 14.1. The fraction of sp³-hybridized carbons (Fsp3) is 0.500. The third-order valence-electron chi connectivity index (χ3n) is 3.90. The first-order valence-corrected chi connectivity index (χ1v) is 8.23. The van der Waals surface area contributed by atoms with Gasteiger partial charge in [-0.1, -0.05) is 31.2 Å². The summed E-state index contributed by atoms with van der Waals surface area (Å²) < 4.78 is 0. The average Bonchev–Trinajstić information content (AvgIpc) is 3.05. The number of aliphatic hydroxyl groups is 1. The van der Waals surface area contributed by atoms with Crippen molar-refractivity contribution in [3.63, 3.8) is 0 Å². The van der Waals surface area contributed by atoms with Crippen molar-refractivity contribution in [2.24, 2.45) is 5.92 Å². The van der Waals surface area contributed by atoms with Crippen LogP contribution in [0.5, 0.6) is 0 Å². The Hall–Kier alpha value is -2.01. The van der Waals surface area contributed by atoms with E-state index in [1.54, 1.807) is 6.92 Å². The molecule has 2 unspecified atom stereocenters. The molecule has 23 heavy (non-hydrogen) atoms. The molecule has 5 nitrogen and oxygen atoms in total. The topological polar surface area (TPSA) is 64.6 Å². The predicted octanol–water partition coefficient (Wildman–Crippen LogP) is 2.27. The zero-order chi connectivity index (χ0) is 16.7. The summed E-state index contributed by atoms with van der Waals surface area (Å²) in [5.41, 5.74) is 2.27. The SMILES string of the molecule is CC(O)CC(C)CNC(=O)NCc1cccc(N2CC=CC2)c1. The Balaban J connectivity index is 1.74. The molecule has 2 atom stereocenters. The summed E-state index contributed by atoms with van der Waals surface area (Å²) in [7, 11) is 0. The quantitative estimate of drug-likeness (QED) is 0.676. The van der Waals surface area contributed by atoms with Crippen molar-refractivity contribution < 1.29 is 9.90 Å². The van der Waals surface area contributed by atoms with E-state index in [9.17, 15) is 9.90 Å². The smallest absolute Gasteiger partial charge is 0.315 e. The normalized spacial score (nSPS) is 16.2. The molecule has 0 aliphatic carbocycles. The molecule has 2 rings (SSSR count). The lowest BCUT2D eigenvalue weighted by Crippen LogP contribution is -2.37. The molecule has 0 aromatic heterocycles. The van der Waals surface area contributed by atoms with Crippen molar-refractivity contribution >= 4 is 11.7 Å². The molecule has 1 aliphatic rings. The molecule has 1 aliphatic heterocycles. The van der Waals surface area contributed by atoms with Crippen LogP contribution >= 0.6 is 0 Å². The largest absolute Gasteiger partial charge is 0.393 e. The first kappa shape index (κ1) is 17.3. The number of nitrogens with zero attached hydrogens (tertiary/aromatic N) is 1. The summed E-state index contributed by atoms with van der Waals surface area (Å²) >= 11 is 0. The fourth-order valence-electron chi connectivity index (χ4n) is 2.73. The second-order valence-corrected chi connectivity index (χ2v) is 6.30. The molecule has 0 bridgehead atoms. The van der Waals surface area contributed by atoms with E-state index in [2.05, 4.69) is 39.8 Å². The fourth-order valence-corrected chi connectivity index (χ4v) is 2.73. The number of anilines is 1. The highest BCUT2D eigenvalue weighted by molar-refractivity contribution is 5.73. The molecule has 0 saturated heterocycles. The molecule has 0 radical (unpaired) electrons. The molecule has 0 fully saturated rings. The Morgan fingerprint density at radius 3 is 2.70 bits per heavy atom. The molecule has 1 heterocycles. The lowest BCUT2D eigenvalue weighted by atomic mass is 10.1. The van der Waals surface area contributed by atoms with Gasteiger partial charge in [0.2, 0.25) is 0 Å². The standard InChI is InChI=1S/C18H27N3O2/c1-14(10-15(2)22)12-19-18(23)20-13-16-6-5-7-17(11-16)21-8-3-4-9-21/h3-7,11,14-15,22H,8-10,12-13H2,1-2H3,(H2,19,20,23). The van der Waals surface area contributed by atoms with Crippen LogP contribution in [0.2, 0.25) is 0 Å². The molecule has 3 N–H and O–H groups in total. The van der Waals surface area contributed by atoms with Crippen LogP contribution in [-0.2, 0) is 6.54 Å². The second kappa shape index (κ2) is 8.58. The molecule has 1 aromatic carbocycles. The number of hydrogen-bond donors (Lipinski definition) is 3. The maximum Gasteiger partial charge on any atom is 0.315 e. The van der Waals surface area contributed by atoms with Crippen molar-refractivity contribution in [3.8, 4) is 0 Å². The van der Waals surface area contributed by atoms with Gasteiger partial charge in [-0.2, -0.15) is 0 Å². The summed E-state index contributed by atoms with van der Waals surface area (Å²) in [6.07, 6.45) is 4.67. The van der Waals surface area contributed by atoms with E-state index in [1.807, 2.05) is 19.1 Å². The minimum Gasteiger partial charge on any atom is -0.393 e. The highest BCUT2D eigenvalue weighted by atomic mass is 16.3. The van der Waals surface area contributed by atoms with Crippen molar-refractivity contribution in [1.29, 1.82) is 0 Å². The van der Waals surface area contributed by atoms with Crippen LogP contribution in [0, 0.1) is 5.92 Å². The highest BCUT2D eigenvalue weighted by Gasteiger charge is 2.10. The number of carbonyl (C=O) groups is 1. The number of amides is 2. The minimum absolute atomic E-state index is 0.171. The predicted molar refractivity (Wildman–Crippen MR) is 93.5 cm³/mol. The number of aliphatic hydroxyl groups excluding tert-OH is 1. The molecule has 2 amide bonds. The third kappa shape index (κ3) is 5.94. The number of rotatable bonds is 7. The highest BCUT2D eigenvalue weighted by Crippen LogP contribution is 2.18. The van der Waals surface area contributed by atoms with Gasteiger partial charge >= 0.3 is 6.03 Å². The summed E-state index contributed by atoms with van der Waals surface area (Å²) in [6, 6.07) is 8.07. The molecule has 126 valence electrons. The van der Waals surface area contributed by atoms with E-state index in [-0.39, 0.29) is 18.1 Å². The van der Waals surface area contributed by atoms with E-state index >= 15 is 0 Å². The number of urea groups is 1. The molecular weight excluding hydrogens is 290 g/mol. The van der Waals surface area contributed by atoms with E-state index in [0.29, 0.717) is 19.5 Å². The third-order valence-corrected chi connectivity index (χ3v) is 3.90. The van der Waals surface area contributed by atoms with Gasteiger partial charge in [-0.3, -0.25) is 0 Å². The van der Waals surface area contributed by atoms with Gasteiger partial charge in [-0.15, -0.1) is 0 Å². The lowest BCUT2D eigenvalue weighted by Gasteiger charge is -2.18. The first-order chi connectivity index (χ1) is 11.0. The number of carbonyl (C=O) groups excluding carboxylic acids is 1. The zero-order valence-electron chi connectivity index (χ0n) is 14.0. The van der Waals surface area contributed by atoms with Gasteiger partial charge in [0, 0.05) is 31.9 Å². The average molecular weight is 317 g/mol. The summed E-state index contributed by atoms with van der Waals surface area (Å²) in [5, 5.41) is 15.0. The van der Waals surface area contributed by atoms with Gasteiger partial charge in [0.25, 0.3) is 0 Å². The van der Waals surface area contributed by atoms with Crippen molar-refractivity contribution in [2.75, 3.05) is 24.5 Å². The Kier molecular flexibility index (Phi) is 6.47. The van der Waals surface area contributed by atoms with Gasteiger partial charge < -0.3 is 20.6 Å². The van der Waals surface area contributed by atoms with Crippen molar-refractivity contribution in [1.82, 2.24) is 10.6 Å². The van der Waals surface area contributed by atoms with Crippen LogP contribution in [0.3, 0.4) is 0 Å². The van der Waals surface area contributed by atoms with Crippen molar-refractivity contribution in [3.05, 3.63) is 42.0 Å². The summed E-state index contributed by atoms with van der Waals surface area (Å²) in [6.45, 7) is 6.74. The van der Waals surface area contributed by atoms with Gasteiger partial charge in [-0.25, -0.2) is 4.79 Å². The Morgan fingerprint density at radius 1 is 1.26 bits per heavy atom. The second-order valence-electron chi connectivity index (χ2n) is 6.30. The van der Waals surface area contributed by atoms with E-state index in [1.165, 1.54) is 5.69 Å². The van der Waals surface area contributed by atoms with Gasteiger partial charge in [0.15, 0.2) is 0 Å². The number of nitrogens with one attached hydrogen (secondary N) is 2. The molecule has 0 spiro atoms. The minimum atomic E-state index is -0.335. The maximum absolute atomic E-state index is 11.8. The number of benzene rings is 1. The van der Waals surface area contributed by atoms with E-state index in [4.69, 9.17) is 0 Å². The van der Waals surface area contributed by atoms with Crippen molar-refractivity contribution in [2.45, 2.75) is 32.9 Å². The summed E-state index contributed by atoms with van der Waals surface area (Å²) in [5.74, 6) is 0.256. The van der Waals surface area contributed by atoms with Crippen LogP contribution in [0.15, 0.2) is 36.4 Å². The van der Waals surface area contributed by atoms with Crippen LogP contribution in [-0.4, -0.2) is 36.9 Å². The zero-order valence-corrected chi connectivity index (χ0v) is 14.0.